The topological polar surface area (TPSA) is 39.1 Å². The highest BCUT2D eigenvalue weighted by Crippen LogP contribution is 2.30. The van der Waals surface area contributed by atoms with E-state index in [2.05, 4.69) is 38.1 Å². The molecule has 0 aliphatic rings. The lowest BCUT2D eigenvalue weighted by molar-refractivity contribution is -0.0458. The van der Waals surface area contributed by atoms with Gasteiger partial charge in [-0.05, 0) is 33.2 Å². The van der Waals surface area contributed by atoms with Crippen molar-refractivity contribution in [2.45, 2.75) is 71.6 Å². The number of halogens is 1. The van der Waals surface area contributed by atoms with E-state index in [4.69, 9.17) is 16.3 Å². The van der Waals surface area contributed by atoms with Gasteiger partial charge in [-0.25, -0.2) is 0 Å². The zero-order valence-electron chi connectivity index (χ0n) is 14.3. The van der Waals surface area contributed by atoms with E-state index in [0.29, 0.717) is 0 Å². The molecule has 1 aromatic heterocycles. The number of ether oxygens (including phenoxy) is 1. The van der Waals surface area contributed by atoms with Crippen LogP contribution in [0.1, 0.15) is 51.9 Å². The van der Waals surface area contributed by atoms with Crippen LogP contribution in [-0.2, 0) is 24.1 Å². The van der Waals surface area contributed by atoms with E-state index in [1.165, 1.54) is 0 Å². The number of methoxy groups -OCH3 is 1. The molecule has 1 rings (SSSR count). The van der Waals surface area contributed by atoms with Crippen LogP contribution in [0.25, 0.3) is 0 Å². The smallest absolute Gasteiger partial charge is 0.0850 e. The molecule has 0 amide bonds. The molecule has 1 heterocycles. The van der Waals surface area contributed by atoms with Gasteiger partial charge in [-0.1, -0.05) is 32.4 Å². The number of aryl methyl sites for hydroxylation is 2. The first-order chi connectivity index (χ1) is 10.0. The maximum atomic E-state index is 6.54. The second-order valence-corrected chi connectivity index (χ2v) is 5.78. The fourth-order valence-electron chi connectivity index (χ4n) is 3.13. The number of aromatic nitrogens is 2. The average molecular weight is 316 g/mol. The third-order valence-corrected chi connectivity index (χ3v) is 5.11. The molecule has 5 heteroatoms. The summed E-state index contributed by atoms with van der Waals surface area (Å²) < 4.78 is 7.90. The summed E-state index contributed by atoms with van der Waals surface area (Å²) in [5.41, 5.74) is 1.92. The van der Waals surface area contributed by atoms with Crippen LogP contribution in [0.4, 0.5) is 0 Å². The molecule has 21 heavy (non-hydrogen) atoms. The van der Waals surface area contributed by atoms with E-state index in [0.717, 1.165) is 48.6 Å². The molecule has 0 saturated heterocycles. The van der Waals surface area contributed by atoms with E-state index < -0.39 is 0 Å². The Morgan fingerprint density at radius 2 is 1.90 bits per heavy atom. The van der Waals surface area contributed by atoms with Gasteiger partial charge in [0.2, 0.25) is 0 Å². The maximum Gasteiger partial charge on any atom is 0.0850 e. The highest BCUT2D eigenvalue weighted by molar-refractivity contribution is 6.31. The van der Waals surface area contributed by atoms with E-state index in [-0.39, 0.29) is 11.6 Å². The number of likely N-dealkylation sites (N-methyl/N-ethyl adjacent to an activating group) is 1. The summed E-state index contributed by atoms with van der Waals surface area (Å²) in [5.74, 6) is 0. The lowest BCUT2D eigenvalue weighted by Gasteiger charge is -2.38. The third-order valence-electron chi connectivity index (χ3n) is 4.68. The Morgan fingerprint density at radius 3 is 2.29 bits per heavy atom. The first-order valence-electron chi connectivity index (χ1n) is 7.99. The maximum absolute atomic E-state index is 6.54. The normalized spacial score (nSPS) is 13.7. The predicted molar refractivity (Wildman–Crippen MR) is 89.2 cm³/mol. The van der Waals surface area contributed by atoms with Crippen LogP contribution >= 0.6 is 11.6 Å². The molecule has 1 N–H and O–H groups in total. The van der Waals surface area contributed by atoms with E-state index in [1.807, 2.05) is 11.7 Å². The summed E-state index contributed by atoms with van der Waals surface area (Å²) in [6, 6.07) is 0.210. The number of hydrogen-bond donors (Lipinski definition) is 1. The van der Waals surface area contributed by atoms with Crippen LogP contribution in [0.15, 0.2) is 0 Å². The quantitative estimate of drug-likeness (QED) is 0.758. The Kier molecular flexibility index (Phi) is 7.17. The molecule has 122 valence electrons. The van der Waals surface area contributed by atoms with E-state index >= 15 is 0 Å². The van der Waals surface area contributed by atoms with Crippen molar-refractivity contribution in [3.05, 3.63) is 16.4 Å². The zero-order valence-corrected chi connectivity index (χ0v) is 15.0. The molecule has 0 aromatic carbocycles. The fourth-order valence-corrected chi connectivity index (χ4v) is 3.48. The molecule has 0 spiro atoms. The Hall–Kier alpha value is -0.580. The monoisotopic (exact) mass is 315 g/mol. The number of hydrogen-bond acceptors (Lipinski definition) is 3. The van der Waals surface area contributed by atoms with Crippen molar-refractivity contribution < 1.29 is 4.74 Å². The Bertz CT molecular complexity index is 433. The average Bonchev–Trinajstić information content (AvgIpc) is 2.83. The van der Waals surface area contributed by atoms with Crippen molar-refractivity contribution in [2.24, 2.45) is 0 Å². The number of rotatable bonds is 9. The molecule has 0 fully saturated rings. The second kappa shape index (κ2) is 8.16. The van der Waals surface area contributed by atoms with Gasteiger partial charge in [0.15, 0.2) is 0 Å². The molecule has 4 nitrogen and oxygen atoms in total. The first kappa shape index (κ1) is 18.5. The van der Waals surface area contributed by atoms with Crippen LogP contribution < -0.4 is 5.32 Å². The molecule has 0 radical (unpaired) electrons. The van der Waals surface area contributed by atoms with Gasteiger partial charge < -0.3 is 10.1 Å². The number of nitrogens with one attached hydrogen (secondary N) is 1. The van der Waals surface area contributed by atoms with Crippen molar-refractivity contribution in [1.29, 1.82) is 0 Å². The van der Waals surface area contributed by atoms with Crippen LogP contribution in [0.2, 0.25) is 5.02 Å². The lowest BCUT2D eigenvalue weighted by atomic mass is 9.85. The van der Waals surface area contributed by atoms with Gasteiger partial charge in [-0.3, -0.25) is 4.68 Å². The van der Waals surface area contributed by atoms with Gasteiger partial charge in [-0.2, -0.15) is 5.10 Å². The molecule has 0 bridgehead atoms. The summed E-state index contributed by atoms with van der Waals surface area (Å²) in [4.78, 5) is 0. The first-order valence-corrected chi connectivity index (χ1v) is 8.37. The largest absolute Gasteiger partial charge is 0.377 e. The standard InChI is InChI=1S/C16H30ClN3O/c1-7-12-15(17)13(20(10-4)19-12)11-14(18-5)16(8-2,9-3)21-6/h14,18H,7-11H2,1-6H3. The minimum Gasteiger partial charge on any atom is -0.377 e. The molecule has 0 aliphatic carbocycles. The highest BCUT2D eigenvalue weighted by atomic mass is 35.5. The summed E-state index contributed by atoms with van der Waals surface area (Å²) in [5, 5.41) is 8.85. The highest BCUT2D eigenvalue weighted by Gasteiger charge is 2.36. The fraction of sp³-hybridized carbons (Fsp3) is 0.812. The lowest BCUT2D eigenvalue weighted by Crippen LogP contribution is -2.51. The Labute approximate surface area is 134 Å². The van der Waals surface area contributed by atoms with Crippen molar-refractivity contribution in [3.8, 4) is 0 Å². The van der Waals surface area contributed by atoms with Crippen LogP contribution in [0.5, 0.6) is 0 Å². The van der Waals surface area contributed by atoms with Crippen LogP contribution in [0.3, 0.4) is 0 Å². The Morgan fingerprint density at radius 1 is 1.29 bits per heavy atom. The minimum atomic E-state index is -0.173. The molecule has 1 unspecified atom stereocenters. The van der Waals surface area contributed by atoms with Crippen molar-refractivity contribution in [2.75, 3.05) is 14.2 Å². The minimum absolute atomic E-state index is 0.173. The SMILES string of the molecule is CCc1nn(CC)c(CC(NC)C(CC)(CC)OC)c1Cl. The second-order valence-electron chi connectivity index (χ2n) is 5.40. The molecule has 0 saturated carbocycles. The van der Waals surface area contributed by atoms with Crippen LogP contribution in [0, 0.1) is 0 Å². The van der Waals surface area contributed by atoms with Crippen molar-refractivity contribution >= 4 is 11.6 Å². The van der Waals surface area contributed by atoms with Gasteiger partial charge in [0.25, 0.3) is 0 Å². The summed E-state index contributed by atoms with van der Waals surface area (Å²) in [6.45, 7) is 9.37. The Balaban J connectivity index is 3.14. The van der Waals surface area contributed by atoms with Gasteiger partial charge in [0.05, 0.1) is 22.0 Å². The van der Waals surface area contributed by atoms with Gasteiger partial charge in [0, 0.05) is 26.1 Å². The molecule has 0 aliphatic heterocycles. The zero-order chi connectivity index (χ0) is 16.0. The molecular formula is C16H30ClN3O. The van der Waals surface area contributed by atoms with E-state index in [9.17, 15) is 0 Å². The molecule has 1 atom stereocenters. The summed E-state index contributed by atoms with van der Waals surface area (Å²) in [6.07, 6.45) is 3.61. The van der Waals surface area contributed by atoms with Gasteiger partial charge in [-0.15, -0.1) is 0 Å². The van der Waals surface area contributed by atoms with E-state index in [1.54, 1.807) is 7.11 Å². The van der Waals surface area contributed by atoms with Crippen molar-refractivity contribution in [1.82, 2.24) is 15.1 Å². The van der Waals surface area contributed by atoms with Crippen LogP contribution in [-0.4, -0.2) is 35.6 Å². The third kappa shape index (κ3) is 3.61. The summed E-state index contributed by atoms with van der Waals surface area (Å²) in [7, 11) is 3.79. The number of nitrogens with zero attached hydrogens (tertiary/aromatic N) is 2. The predicted octanol–water partition coefficient (Wildman–Crippen LogP) is 3.45. The van der Waals surface area contributed by atoms with Gasteiger partial charge >= 0.3 is 0 Å². The van der Waals surface area contributed by atoms with Gasteiger partial charge in [0.1, 0.15) is 0 Å². The molecule has 1 aromatic rings. The van der Waals surface area contributed by atoms with Crippen molar-refractivity contribution in [3.63, 3.8) is 0 Å². The molecular weight excluding hydrogens is 286 g/mol. The summed E-state index contributed by atoms with van der Waals surface area (Å²) >= 11 is 6.54.